The van der Waals surface area contributed by atoms with Crippen LogP contribution < -0.4 is 4.90 Å². The van der Waals surface area contributed by atoms with Crippen LogP contribution in [0.2, 0.25) is 10.0 Å². The lowest BCUT2D eigenvalue weighted by Crippen LogP contribution is -2.29. The van der Waals surface area contributed by atoms with Gasteiger partial charge in [-0.05, 0) is 47.5 Å². The molecule has 1 amide bonds. The predicted molar refractivity (Wildman–Crippen MR) is 136 cm³/mol. The van der Waals surface area contributed by atoms with Gasteiger partial charge in [0.15, 0.2) is 0 Å². The zero-order valence-corrected chi connectivity index (χ0v) is 19.6. The number of benzene rings is 4. The smallest absolute Gasteiger partial charge is 0.300 e. The minimum Gasteiger partial charge on any atom is -0.507 e. The van der Waals surface area contributed by atoms with E-state index in [0.29, 0.717) is 21.8 Å². The molecule has 6 heteroatoms. The lowest BCUT2D eigenvalue weighted by molar-refractivity contribution is -0.132. The number of hydrogen-bond donors (Lipinski definition) is 1. The van der Waals surface area contributed by atoms with E-state index in [-0.39, 0.29) is 16.4 Å². The molecule has 4 nitrogen and oxygen atoms in total. The van der Waals surface area contributed by atoms with Gasteiger partial charge in [-0.25, -0.2) is 0 Å². The number of nitrogens with zero attached hydrogens (tertiary/aromatic N) is 1. The largest absolute Gasteiger partial charge is 0.507 e. The number of ketones is 1. The average Bonchev–Trinajstić information content (AvgIpc) is 3.10. The number of amides is 1. The van der Waals surface area contributed by atoms with Crippen LogP contribution in [0.25, 0.3) is 16.5 Å². The van der Waals surface area contributed by atoms with Crippen LogP contribution in [0.1, 0.15) is 22.7 Å². The summed E-state index contributed by atoms with van der Waals surface area (Å²) >= 11 is 12.3. The van der Waals surface area contributed by atoms with Crippen LogP contribution in [0, 0.1) is 6.92 Å². The van der Waals surface area contributed by atoms with Crippen molar-refractivity contribution in [2.24, 2.45) is 0 Å². The monoisotopic (exact) mass is 487 g/mol. The van der Waals surface area contributed by atoms with Crippen LogP contribution in [0.4, 0.5) is 5.69 Å². The van der Waals surface area contributed by atoms with Crippen LogP contribution in [0.5, 0.6) is 0 Å². The van der Waals surface area contributed by atoms with E-state index in [1.807, 2.05) is 67.6 Å². The fourth-order valence-corrected chi connectivity index (χ4v) is 4.67. The minimum absolute atomic E-state index is 0.0250. The summed E-state index contributed by atoms with van der Waals surface area (Å²) in [6.07, 6.45) is 0. The van der Waals surface area contributed by atoms with Crippen LogP contribution in [0.3, 0.4) is 0 Å². The molecule has 1 unspecified atom stereocenters. The Morgan fingerprint density at radius 1 is 0.824 bits per heavy atom. The van der Waals surface area contributed by atoms with E-state index in [1.54, 1.807) is 24.3 Å². The summed E-state index contributed by atoms with van der Waals surface area (Å²) in [6.45, 7) is 1.93. The SMILES string of the molecule is Cc1cccc(C2/C(=C(/O)c3ccc4ccccc4c3)C(=O)C(=O)N2c2ccc(Cl)c(Cl)c2)c1. The highest BCUT2D eigenvalue weighted by molar-refractivity contribution is 6.52. The van der Waals surface area contributed by atoms with Gasteiger partial charge in [-0.3, -0.25) is 14.5 Å². The van der Waals surface area contributed by atoms with Gasteiger partial charge in [-0.1, -0.05) is 89.4 Å². The number of hydrogen-bond acceptors (Lipinski definition) is 3. The normalized spacial score (nSPS) is 17.5. The highest BCUT2D eigenvalue weighted by atomic mass is 35.5. The number of Topliss-reactive ketones (excluding diaryl/α,β-unsaturated/α-hetero) is 1. The molecule has 4 aromatic rings. The molecule has 0 aliphatic carbocycles. The van der Waals surface area contributed by atoms with Gasteiger partial charge in [0.05, 0.1) is 21.7 Å². The van der Waals surface area contributed by atoms with Crippen LogP contribution >= 0.6 is 23.2 Å². The number of aryl methyl sites for hydroxylation is 1. The number of rotatable bonds is 3. The Balaban J connectivity index is 1.74. The molecule has 1 aliphatic rings. The first kappa shape index (κ1) is 22.2. The summed E-state index contributed by atoms with van der Waals surface area (Å²) in [7, 11) is 0. The number of anilines is 1. The molecule has 0 bridgehead atoms. The minimum atomic E-state index is -0.830. The van der Waals surface area contributed by atoms with Gasteiger partial charge in [0.1, 0.15) is 5.76 Å². The summed E-state index contributed by atoms with van der Waals surface area (Å²) in [5.41, 5.74) is 2.57. The number of carbonyl (C=O) groups is 2. The summed E-state index contributed by atoms with van der Waals surface area (Å²) in [4.78, 5) is 28.0. The molecule has 0 spiro atoms. The second-order valence-corrected chi connectivity index (χ2v) is 9.06. The van der Waals surface area contributed by atoms with Crippen molar-refractivity contribution >= 4 is 57.1 Å². The molecule has 1 atom stereocenters. The second-order valence-electron chi connectivity index (χ2n) is 8.24. The fourth-order valence-electron chi connectivity index (χ4n) is 4.38. The molecule has 4 aromatic carbocycles. The molecule has 5 rings (SSSR count). The number of fused-ring (bicyclic) bond motifs is 1. The molecule has 1 fully saturated rings. The maximum Gasteiger partial charge on any atom is 0.300 e. The lowest BCUT2D eigenvalue weighted by atomic mass is 9.93. The number of aliphatic hydroxyl groups is 1. The first-order valence-corrected chi connectivity index (χ1v) is 11.4. The quantitative estimate of drug-likeness (QED) is 0.190. The second kappa shape index (κ2) is 8.64. The molecular weight excluding hydrogens is 469 g/mol. The maximum atomic E-state index is 13.3. The van der Waals surface area contributed by atoms with E-state index >= 15 is 0 Å². The standard InChI is InChI=1S/C28H19Cl2NO3/c1-16-5-4-8-19(13-16)25-24(26(32)20-10-9-17-6-2-3-7-18(17)14-20)27(33)28(34)31(25)21-11-12-22(29)23(30)15-21/h2-15,25,32H,1H3/b26-24-. The van der Waals surface area contributed by atoms with Gasteiger partial charge in [0.25, 0.3) is 11.7 Å². The molecule has 0 aromatic heterocycles. The summed E-state index contributed by atoms with van der Waals surface area (Å²) in [6, 6.07) is 24.6. The third-order valence-corrected chi connectivity index (χ3v) is 6.75. The van der Waals surface area contributed by atoms with Crippen molar-refractivity contribution in [1.82, 2.24) is 0 Å². The third-order valence-electron chi connectivity index (χ3n) is 6.01. The summed E-state index contributed by atoms with van der Waals surface area (Å²) < 4.78 is 0. The first-order valence-electron chi connectivity index (χ1n) is 10.7. The zero-order chi connectivity index (χ0) is 24.0. The molecule has 0 saturated carbocycles. The lowest BCUT2D eigenvalue weighted by Gasteiger charge is -2.26. The van der Waals surface area contributed by atoms with E-state index < -0.39 is 17.7 Å². The Bertz CT molecular complexity index is 1510. The number of aliphatic hydroxyl groups excluding tert-OH is 1. The molecule has 168 valence electrons. The Hall–Kier alpha value is -3.60. The summed E-state index contributed by atoms with van der Waals surface area (Å²) in [5.74, 6) is -1.73. The Morgan fingerprint density at radius 2 is 1.59 bits per heavy atom. The molecule has 1 heterocycles. The van der Waals surface area contributed by atoms with Crippen molar-refractivity contribution in [3.63, 3.8) is 0 Å². The fraction of sp³-hybridized carbons (Fsp3) is 0.0714. The van der Waals surface area contributed by atoms with Crippen LogP contribution in [-0.4, -0.2) is 16.8 Å². The van der Waals surface area contributed by atoms with Gasteiger partial charge in [-0.15, -0.1) is 0 Å². The first-order chi connectivity index (χ1) is 16.3. The van der Waals surface area contributed by atoms with Crippen molar-refractivity contribution in [3.05, 3.63) is 117 Å². The van der Waals surface area contributed by atoms with E-state index in [4.69, 9.17) is 23.2 Å². The zero-order valence-electron chi connectivity index (χ0n) is 18.1. The number of carbonyl (C=O) groups excluding carboxylic acids is 2. The summed E-state index contributed by atoms with van der Waals surface area (Å²) in [5, 5.41) is 13.9. The van der Waals surface area contributed by atoms with E-state index in [0.717, 1.165) is 16.3 Å². The van der Waals surface area contributed by atoms with Crippen molar-refractivity contribution < 1.29 is 14.7 Å². The van der Waals surface area contributed by atoms with Gasteiger partial charge in [0.2, 0.25) is 0 Å². The highest BCUT2D eigenvalue weighted by Gasteiger charge is 2.47. The Morgan fingerprint density at radius 3 is 2.32 bits per heavy atom. The molecule has 0 radical (unpaired) electrons. The molecule has 1 aliphatic heterocycles. The number of halogens is 2. The van der Waals surface area contributed by atoms with Gasteiger partial charge >= 0.3 is 0 Å². The van der Waals surface area contributed by atoms with Gasteiger partial charge < -0.3 is 5.11 Å². The van der Waals surface area contributed by atoms with Crippen molar-refractivity contribution in [2.75, 3.05) is 4.90 Å². The molecule has 34 heavy (non-hydrogen) atoms. The maximum absolute atomic E-state index is 13.3. The topological polar surface area (TPSA) is 57.6 Å². The molecule has 1 saturated heterocycles. The highest BCUT2D eigenvalue weighted by Crippen LogP contribution is 2.43. The van der Waals surface area contributed by atoms with E-state index in [2.05, 4.69) is 0 Å². The predicted octanol–water partition coefficient (Wildman–Crippen LogP) is 7.08. The Labute approximate surface area is 206 Å². The Kier molecular flexibility index (Phi) is 5.64. The average molecular weight is 488 g/mol. The van der Waals surface area contributed by atoms with Crippen molar-refractivity contribution in [3.8, 4) is 0 Å². The van der Waals surface area contributed by atoms with E-state index in [9.17, 15) is 14.7 Å². The van der Waals surface area contributed by atoms with Crippen molar-refractivity contribution in [1.29, 1.82) is 0 Å². The molecular formula is C28H19Cl2NO3. The third kappa shape index (κ3) is 3.75. The van der Waals surface area contributed by atoms with Crippen LogP contribution in [-0.2, 0) is 9.59 Å². The van der Waals surface area contributed by atoms with Gasteiger partial charge in [0, 0.05) is 11.3 Å². The molecule has 1 N–H and O–H groups in total. The van der Waals surface area contributed by atoms with Gasteiger partial charge in [-0.2, -0.15) is 0 Å². The van der Waals surface area contributed by atoms with Crippen LogP contribution in [0.15, 0.2) is 90.5 Å². The van der Waals surface area contributed by atoms with Crippen molar-refractivity contribution in [2.45, 2.75) is 13.0 Å². The van der Waals surface area contributed by atoms with E-state index in [1.165, 1.54) is 4.90 Å².